The topological polar surface area (TPSA) is 108 Å². The first kappa shape index (κ1) is 31.7. The van der Waals surface area contributed by atoms with Gasteiger partial charge in [0.2, 0.25) is 11.8 Å². The standard InChI is InChI=1S/C31H45N3O5/c1-8-10-17-32-28(36)27(25-19-21(3)11-12-22(25)4)34(18-9-2)29(37)26(33-30(38)39-31(5,6)7)20-23-13-15-24(35)16-14-23/h11-16,19,26-27,35H,8-10,17-18,20H2,1-7H3,(H,32,36)(H,33,38). The Balaban J connectivity index is 2.54. The van der Waals surface area contributed by atoms with Crippen molar-refractivity contribution in [2.45, 2.75) is 91.8 Å². The summed E-state index contributed by atoms with van der Waals surface area (Å²) in [4.78, 5) is 42.4. The zero-order chi connectivity index (χ0) is 29.2. The smallest absolute Gasteiger partial charge is 0.408 e. The average Bonchev–Trinajstić information content (AvgIpc) is 2.85. The van der Waals surface area contributed by atoms with Crippen LogP contribution in [0.2, 0.25) is 0 Å². The Labute approximate surface area is 233 Å². The van der Waals surface area contributed by atoms with Gasteiger partial charge in [0.25, 0.3) is 0 Å². The maximum atomic E-state index is 14.3. The summed E-state index contributed by atoms with van der Waals surface area (Å²) in [6.07, 6.45) is 1.83. The minimum absolute atomic E-state index is 0.105. The molecule has 0 saturated heterocycles. The van der Waals surface area contributed by atoms with Crippen molar-refractivity contribution < 1.29 is 24.2 Å². The highest BCUT2D eigenvalue weighted by Crippen LogP contribution is 2.27. The highest BCUT2D eigenvalue weighted by Gasteiger charge is 2.36. The normalized spacial score (nSPS) is 12.8. The van der Waals surface area contributed by atoms with E-state index < -0.39 is 23.8 Å². The molecular formula is C31H45N3O5. The van der Waals surface area contributed by atoms with Gasteiger partial charge < -0.3 is 25.4 Å². The Hall–Kier alpha value is -3.55. The molecule has 0 fully saturated rings. The van der Waals surface area contributed by atoms with Crippen LogP contribution in [0.3, 0.4) is 0 Å². The number of rotatable bonds is 12. The molecule has 0 aromatic heterocycles. The van der Waals surface area contributed by atoms with Gasteiger partial charge in [0.15, 0.2) is 0 Å². The van der Waals surface area contributed by atoms with E-state index in [1.165, 1.54) is 12.1 Å². The van der Waals surface area contributed by atoms with Gasteiger partial charge in [0.1, 0.15) is 23.4 Å². The molecule has 2 aromatic carbocycles. The lowest BCUT2D eigenvalue weighted by molar-refractivity contribution is -0.142. The van der Waals surface area contributed by atoms with Gasteiger partial charge in [-0.15, -0.1) is 0 Å². The molecule has 0 saturated carbocycles. The molecule has 214 valence electrons. The molecule has 3 amide bonds. The van der Waals surface area contributed by atoms with Gasteiger partial charge in [0.05, 0.1) is 0 Å². The number of phenols is 1. The number of unbranched alkanes of at least 4 members (excludes halogenated alkanes) is 1. The second kappa shape index (κ2) is 14.6. The number of nitrogens with one attached hydrogen (secondary N) is 2. The molecule has 8 nitrogen and oxygen atoms in total. The molecular weight excluding hydrogens is 494 g/mol. The van der Waals surface area contributed by atoms with Crippen LogP contribution in [0.15, 0.2) is 42.5 Å². The number of alkyl carbamates (subject to hydrolysis) is 1. The SMILES string of the molecule is CCCCNC(=O)C(c1cc(C)ccc1C)N(CCC)C(=O)C(Cc1ccc(O)cc1)NC(=O)OC(C)(C)C. The monoisotopic (exact) mass is 539 g/mol. The summed E-state index contributed by atoms with van der Waals surface area (Å²) >= 11 is 0. The van der Waals surface area contributed by atoms with E-state index in [2.05, 4.69) is 17.6 Å². The number of amides is 3. The molecule has 3 N–H and O–H groups in total. The quantitative estimate of drug-likeness (QED) is 0.316. The Kier molecular flexibility index (Phi) is 11.8. The fourth-order valence-electron chi connectivity index (χ4n) is 4.32. The number of hydrogen-bond donors (Lipinski definition) is 3. The van der Waals surface area contributed by atoms with Crippen LogP contribution in [-0.4, -0.2) is 52.6 Å². The number of carbonyl (C=O) groups is 3. The van der Waals surface area contributed by atoms with Crippen molar-refractivity contribution in [3.8, 4) is 5.75 Å². The summed E-state index contributed by atoms with van der Waals surface area (Å²) in [6.45, 7) is 14.0. The van der Waals surface area contributed by atoms with Gasteiger partial charge in [-0.25, -0.2) is 4.79 Å². The zero-order valence-electron chi connectivity index (χ0n) is 24.5. The first-order valence-electron chi connectivity index (χ1n) is 13.8. The Morgan fingerprint density at radius 2 is 1.67 bits per heavy atom. The van der Waals surface area contributed by atoms with E-state index in [4.69, 9.17) is 4.74 Å². The van der Waals surface area contributed by atoms with Gasteiger partial charge >= 0.3 is 6.09 Å². The van der Waals surface area contributed by atoms with Crippen LogP contribution in [0.5, 0.6) is 5.75 Å². The molecule has 2 unspecified atom stereocenters. The van der Waals surface area contributed by atoms with Crippen LogP contribution in [0.4, 0.5) is 4.79 Å². The molecule has 39 heavy (non-hydrogen) atoms. The molecule has 0 aliphatic heterocycles. The fourth-order valence-corrected chi connectivity index (χ4v) is 4.32. The number of nitrogens with zero attached hydrogens (tertiary/aromatic N) is 1. The van der Waals surface area contributed by atoms with Gasteiger partial charge in [-0.3, -0.25) is 9.59 Å². The molecule has 0 bridgehead atoms. The molecule has 0 aliphatic carbocycles. The lowest BCUT2D eigenvalue weighted by atomic mass is 9.95. The van der Waals surface area contributed by atoms with E-state index in [-0.39, 0.29) is 24.0 Å². The van der Waals surface area contributed by atoms with E-state index >= 15 is 0 Å². The summed E-state index contributed by atoms with van der Waals surface area (Å²) in [7, 11) is 0. The van der Waals surface area contributed by atoms with Gasteiger partial charge in [0, 0.05) is 19.5 Å². The van der Waals surface area contributed by atoms with Crippen molar-refractivity contribution >= 4 is 17.9 Å². The minimum atomic E-state index is -0.994. The highest BCUT2D eigenvalue weighted by atomic mass is 16.6. The second-order valence-corrected chi connectivity index (χ2v) is 11.0. The van der Waals surface area contributed by atoms with Crippen molar-refractivity contribution in [3.63, 3.8) is 0 Å². The van der Waals surface area contributed by atoms with Crippen molar-refractivity contribution in [1.29, 1.82) is 0 Å². The fraction of sp³-hybridized carbons (Fsp3) is 0.516. The van der Waals surface area contributed by atoms with Gasteiger partial charge in [-0.1, -0.05) is 56.2 Å². The average molecular weight is 540 g/mol. The Morgan fingerprint density at radius 3 is 2.26 bits per heavy atom. The highest BCUT2D eigenvalue weighted by molar-refractivity contribution is 5.92. The summed E-state index contributed by atoms with van der Waals surface area (Å²) in [5, 5.41) is 15.5. The Morgan fingerprint density at radius 1 is 1.00 bits per heavy atom. The van der Waals surface area contributed by atoms with E-state index in [0.29, 0.717) is 19.5 Å². The predicted octanol–water partition coefficient (Wildman–Crippen LogP) is 5.34. The zero-order valence-corrected chi connectivity index (χ0v) is 24.5. The first-order chi connectivity index (χ1) is 18.4. The molecule has 2 atom stereocenters. The van der Waals surface area contributed by atoms with E-state index in [9.17, 15) is 19.5 Å². The number of ether oxygens (including phenoxy) is 1. The maximum absolute atomic E-state index is 14.3. The number of benzene rings is 2. The van der Waals surface area contributed by atoms with Gasteiger partial charge in [-0.05, 0) is 76.3 Å². The van der Waals surface area contributed by atoms with Crippen molar-refractivity contribution in [2.24, 2.45) is 0 Å². The summed E-state index contributed by atoms with van der Waals surface area (Å²) in [5.41, 5.74) is 2.64. The van der Waals surface area contributed by atoms with Crippen molar-refractivity contribution in [3.05, 3.63) is 64.7 Å². The third-order valence-corrected chi connectivity index (χ3v) is 6.23. The number of carbonyl (C=O) groups excluding carboxylic acids is 3. The predicted molar refractivity (Wildman–Crippen MR) is 154 cm³/mol. The van der Waals surface area contributed by atoms with Crippen molar-refractivity contribution in [2.75, 3.05) is 13.1 Å². The maximum Gasteiger partial charge on any atom is 0.408 e. The molecule has 8 heteroatoms. The summed E-state index contributed by atoms with van der Waals surface area (Å²) in [6, 6.07) is 10.5. The number of hydrogen-bond acceptors (Lipinski definition) is 5. The van der Waals surface area contributed by atoms with Crippen LogP contribution in [0.25, 0.3) is 0 Å². The van der Waals surface area contributed by atoms with Crippen LogP contribution in [0, 0.1) is 13.8 Å². The lowest BCUT2D eigenvalue weighted by Gasteiger charge is -2.35. The number of aryl methyl sites for hydroxylation is 2. The van der Waals surface area contributed by atoms with Crippen LogP contribution < -0.4 is 10.6 Å². The second-order valence-electron chi connectivity index (χ2n) is 11.0. The number of phenolic OH excluding ortho intramolecular Hbond substituents is 1. The number of aromatic hydroxyl groups is 1. The van der Waals surface area contributed by atoms with Gasteiger partial charge in [-0.2, -0.15) is 0 Å². The molecule has 2 aromatic rings. The van der Waals surface area contributed by atoms with E-state index in [1.807, 2.05) is 39.0 Å². The van der Waals surface area contributed by atoms with Crippen LogP contribution in [-0.2, 0) is 20.7 Å². The molecule has 0 aliphatic rings. The molecule has 2 rings (SSSR count). The molecule has 0 heterocycles. The van der Waals surface area contributed by atoms with Crippen molar-refractivity contribution in [1.82, 2.24) is 15.5 Å². The van der Waals surface area contributed by atoms with Crippen LogP contribution in [0.1, 0.15) is 82.2 Å². The molecule has 0 radical (unpaired) electrons. The first-order valence-corrected chi connectivity index (χ1v) is 13.8. The third-order valence-electron chi connectivity index (χ3n) is 6.23. The lowest BCUT2D eigenvalue weighted by Crippen LogP contribution is -2.54. The van der Waals surface area contributed by atoms with E-state index in [0.717, 1.165) is 35.1 Å². The molecule has 0 spiro atoms. The summed E-state index contributed by atoms with van der Waals surface area (Å²) in [5.74, 6) is -0.528. The van der Waals surface area contributed by atoms with Crippen LogP contribution >= 0.6 is 0 Å². The minimum Gasteiger partial charge on any atom is -0.508 e. The summed E-state index contributed by atoms with van der Waals surface area (Å²) < 4.78 is 5.47. The van der Waals surface area contributed by atoms with E-state index in [1.54, 1.807) is 37.8 Å². The Bertz CT molecular complexity index is 1110. The third kappa shape index (κ3) is 9.93. The largest absolute Gasteiger partial charge is 0.508 e.